The van der Waals surface area contributed by atoms with Crippen LogP contribution in [0.25, 0.3) is 0 Å². The zero-order valence-electron chi connectivity index (χ0n) is 12.0. The second-order valence-electron chi connectivity index (χ2n) is 5.23. The van der Waals surface area contributed by atoms with Crippen molar-refractivity contribution in [3.8, 4) is 0 Å². The fourth-order valence-electron chi connectivity index (χ4n) is 2.37. The van der Waals surface area contributed by atoms with Crippen LogP contribution in [-0.2, 0) is 21.2 Å². The number of nitrogens with zero attached hydrogens (tertiary/aromatic N) is 2. The first-order valence-electron chi connectivity index (χ1n) is 7.30. The van der Waals surface area contributed by atoms with Gasteiger partial charge in [0.15, 0.2) is 0 Å². The van der Waals surface area contributed by atoms with E-state index in [2.05, 4.69) is 15.5 Å². The summed E-state index contributed by atoms with van der Waals surface area (Å²) >= 11 is 0. The molecule has 21 heavy (non-hydrogen) atoms. The van der Waals surface area contributed by atoms with Crippen molar-refractivity contribution in [1.82, 2.24) is 19.8 Å². The van der Waals surface area contributed by atoms with Crippen molar-refractivity contribution in [2.75, 3.05) is 25.4 Å². The van der Waals surface area contributed by atoms with Gasteiger partial charge in [-0.1, -0.05) is 0 Å². The maximum absolute atomic E-state index is 11.9. The number of aromatic nitrogens is 2. The Hall–Kier alpha value is -1.41. The van der Waals surface area contributed by atoms with Crippen LogP contribution in [0.3, 0.4) is 0 Å². The predicted molar refractivity (Wildman–Crippen MR) is 79.1 cm³/mol. The normalized spacial score (nSPS) is 16.2. The van der Waals surface area contributed by atoms with Crippen molar-refractivity contribution in [2.24, 2.45) is 0 Å². The van der Waals surface area contributed by atoms with E-state index in [4.69, 9.17) is 0 Å². The fraction of sp³-hybridized carbons (Fsp3) is 0.692. The Morgan fingerprint density at radius 3 is 2.81 bits per heavy atom. The average molecular weight is 314 g/mol. The van der Waals surface area contributed by atoms with E-state index < -0.39 is 10.0 Å². The number of carbonyl (C=O) groups is 1. The topological polar surface area (TPSA) is 95.2 Å². The molecule has 1 saturated heterocycles. The fourth-order valence-corrected chi connectivity index (χ4v) is 3.80. The van der Waals surface area contributed by atoms with Gasteiger partial charge >= 0.3 is 0 Å². The zero-order chi connectivity index (χ0) is 15.1. The van der Waals surface area contributed by atoms with Crippen molar-refractivity contribution >= 4 is 15.9 Å². The van der Waals surface area contributed by atoms with Crippen molar-refractivity contribution in [2.45, 2.75) is 32.1 Å². The van der Waals surface area contributed by atoms with Crippen LogP contribution in [0.4, 0.5) is 0 Å². The van der Waals surface area contributed by atoms with E-state index >= 15 is 0 Å². The van der Waals surface area contributed by atoms with Gasteiger partial charge in [-0.25, -0.2) is 12.7 Å². The smallest absolute Gasteiger partial charge is 0.220 e. The molecule has 0 bridgehead atoms. The number of sulfonamides is 1. The highest BCUT2D eigenvalue weighted by Crippen LogP contribution is 2.12. The lowest BCUT2D eigenvalue weighted by atomic mass is 10.1. The molecule has 2 N–H and O–H groups in total. The molecule has 1 aromatic rings. The molecule has 1 aliphatic heterocycles. The molecule has 118 valence electrons. The number of aromatic amines is 1. The molecule has 2 rings (SSSR count). The second kappa shape index (κ2) is 7.56. The molecule has 8 heteroatoms. The van der Waals surface area contributed by atoms with Crippen molar-refractivity contribution in [1.29, 1.82) is 0 Å². The molecular formula is C13H22N4O3S. The van der Waals surface area contributed by atoms with Gasteiger partial charge in [0.2, 0.25) is 15.9 Å². The number of aryl methyl sites for hydroxylation is 1. The lowest BCUT2D eigenvalue weighted by Gasteiger charge is -2.15. The van der Waals surface area contributed by atoms with Crippen molar-refractivity contribution < 1.29 is 13.2 Å². The summed E-state index contributed by atoms with van der Waals surface area (Å²) in [5.74, 6) is -0.115. The number of nitrogens with one attached hydrogen (secondary N) is 2. The van der Waals surface area contributed by atoms with Crippen LogP contribution in [0.5, 0.6) is 0 Å². The van der Waals surface area contributed by atoms with Gasteiger partial charge in [-0.3, -0.25) is 9.89 Å². The quantitative estimate of drug-likeness (QED) is 0.720. The third-order valence-corrected chi connectivity index (χ3v) is 5.44. The summed E-state index contributed by atoms with van der Waals surface area (Å²) in [6.45, 7) is 1.41. The van der Waals surface area contributed by atoms with E-state index in [0.717, 1.165) is 31.2 Å². The van der Waals surface area contributed by atoms with Gasteiger partial charge < -0.3 is 5.32 Å². The van der Waals surface area contributed by atoms with Crippen LogP contribution in [0.1, 0.15) is 31.2 Å². The minimum Gasteiger partial charge on any atom is -0.355 e. The molecule has 0 aromatic carbocycles. The Labute approximate surface area is 125 Å². The van der Waals surface area contributed by atoms with Gasteiger partial charge in [-0.2, -0.15) is 5.10 Å². The number of hydrogen-bond donors (Lipinski definition) is 2. The average Bonchev–Trinajstić information content (AvgIpc) is 3.12. The van der Waals surface area contributed by atoms with Crippen LogP contribution < -0.4 is 5.32 Å². The van der Waals surface area contributed by atoms with E-state index in [1.165, 1.54) is 4.31 Å². The van der Waals surface area contributed by atoms with Gasteiger partial charge in [0.25, 0.3) is 0 Å². The van der Waals surface area contributed by atoms with Gasteiger partial charge in [0.05, 0.1) is 11.9 Å². The van der Waals surface area contributed by atoms with Gasteiger partial charge in [0, 0.05) is 32.3 Å². The van der Waals surface area contributed by atoms with Gasteiger partial charge in [0.1, 0.15) is 0 Å². The number of amides is 1. The molecule has 1 fully saturated rings. The Kier molecular flexibility index (Phi) is 5.75. The molecule has 1 aliphatic rings. The summed E-state index contributed by atoms with van der Waals surface area (Å²) in [7, 11) is -3.21. The van der Waals surface area contributed by atoms with Crippen LogP contribution in [0.2, 0.25) is 0 Å². The highest BCUT2D eigenvalue weighted by Gasteiger charge is 2.24. The highest BCUT2D eigenvalue weighted by atomic mass is 32.2. The van der Waals surface area contributed by atoms with E-state index in [9.17, 15) is 13.2 Å². The van der Waals surface area contributed by atoms with Crippen LogP contribution in [-0.4, -0.2) is 54.2 Å². The summed E-state index contributed by atoms with van der Waals surface area (Å²) < 4.78 is 25.4. The second-order valence-corrected chi connectivity index (χ2v) is 7.32. The predicted octanol–water partition coefficient (Wildman–Crippen LogP) is 0.274. The van der Waals surface area contributed by atoms with Crippen LogP contribution in [0, 0.1) is 0 Å². The molecule has 0 atom stereocenters. The molecule has 7 nitrogen and oxygen atoms in total. The molecule has 0 unspecified atom stereocenters. The zero-order valence-corrected chi connectivity index (χ0v) is 12.9. The van der Waals surface area contributed by atoms with E-state index in [1.807, 2.05) is 0 Å². The van der Waals surface area contributed by atoms with E-state index in [1.54, 1.807) is 12.4 Å². The minimum absolute atomic E-state index is 0.0134. The molecule has 0 radical (unpaired) electrons. The first-order valence-corrected chi connectivity index (χ1v) is 8.91. The van der Waals surface area contributed by atoms with E-state index in [-0.39, 0.29) is 18.2 Å². The maximum Gasteiger partial charge on any atom is 0.220 e. The third-order valence-electron chi connectivity index (χ3n) is 3.56. The monoisotopic (exact) mass is 314 g/mol. The SMILES string of the molecule is O=C(CCCc1cn[nH]c1)NCCS(=O)(=O)N1CCCC1. The number of H-pyrrole nitrogens is 1. The first-order chi connectivity index (χ1) is 10.1. The molecule has 0 saturated carbocycles. The summed E-state index contributed by atoms with van der Waals surface area (Å²) in [5, 5.41) is 9.24. The minimum atomic E-state index is -3.21. The van der Waals surface area contributed by atoms with Gasteiger partial charge in [-0.15, -0.1) is 0 Å². The number of hydrogen-bond acceptors (Lipinski definition) is 4. The van der Waals surface area contributed by atoms with Gasteiger partial charge in [-0.05, 0) is 31.2 Å². The molecule has 1 aromatic heterocycles. The summed E-state index contributed by atoms with van der Waals surface area (Å²) in [4.78, 5) is 11.6. The summed E-state index contributed by atoms with van der Waals surface area (Å²) in [6.07, 6.45) is 7.31. The van der Waals surface area contributed by atoms with Crippen LogP contribution in [0.15, 0.2) is 12.4 Å². The summed E-state index contributed by atoms with van der Waals surface area (Å²) in [5.41, 5.74) is 1.07. The van der Waals surface area contributed by atoms with Crippen molar-refractivity contribution in [3.63, 3.8) is 0 Å². The first kappa shape index (κ1) is 16.0. The van der Waals surface area contributed by atoms with Crippen molar-refractivity contribution in [3.05, 3.63) is 18.0 Å². The third kappa shape index (κ3) is 5.13. The summed E-state index contributed by atoms with van der Waals surface area (Å²) in [6, 6.07) is 0. The molecular weight excluding hydrogens is 292 g/mol. The number of carbonyl (C=O) groups excluding carboxylic acids is 1. The largest absolute Gasteiger partial charge is 0.355 e. The Morgan fingerprint density at radius 2 is 2.14 bits per heavy atom. The Balaban J connectivity index is 1.60. The molecule has 0 aliphatic carbocycles. The standard InChI is InChI=1S/C13H22N4O3S/c18-13(5-3-4-12-10-15-16-11-12)14-6-9-21(19,20)17-7-1-2-8-17/h10-11H,1-9H2,(H,14,18)(H,15,16). The maximum atomic E-state index is 11.9. The lowest BCUT2D eigenvalue weighted by Crippen LogP contribution is -2.36. The van der Waals surface area contributed by atoms with E-state index in [0.29, 0.717) is 19.5 Å². The Morgan fingerprint density at radius 1 is 1.38 bits per heavy atom. The highest BCUT2D eigenvalue weighted by molar-refractivity contribution is 7.89. The molecule has 2 heterocycles. The number of rotatable bonds is 8. The lowest BCUT2D eigenvalue weighted by molar-refractivity contribution is -0.121. The molecule has 1 amide bonds. The molecule has 0 spiro atoms. The Bertz CT molecular complexity index is 536. The van der Waals surface area contributed by atoms with Crippen LogP contribution >= 0.6 is 0 Å².